The Morgan fingerprint density at radius 3 is 2.56 bits per heavy atom. The van der Waals surface area contributed by atoms with Crippen molar-refractivity contribution >= 4 is 21.4 Å². The van der Waals surface area contributed by atoms with Crippen molar-refractivity contribution in [3.8, 4) is 6.07 Å². The first-order valence-electron chi connectivity index (χ1n) is 5.12. The molecule has 2 heterocycles. The lowest BCUT2D eigenvalue weighted by atomic mass is 10.2. The number of sulfonamides is 1. The van der Waals surface area contributed by atoms with Crippen LogP contribution in [-0.2, 0) is 10.0 Å². The molecule has 16 heavy (non-hydrogen) atoms. The molecular formula is C10H12N2O2S2. The average molecular weight is 256 g/mol. The van der Waals surface area contributed by atoms with Crippen LogP contribution in [0.15, 0.2) is 15.7 Å². The van der Waals surface area contributed by atoms with Gasteiger partial charge in [0.2, 0.25) is 10.0 Å². The van der Waals surface area contributed by atoms with Gasteiger partial charge in [0.05, 0.1) is 5.56 Å². The Labute approximate surface area is 99.2 Å². The zero-order valence-electron chi connectivity index (χ0n) is 8.72. The largest absolute Gasteiger partial charge is 0.245 e. The van der Waals surface area contributed by atoms with Crippen molar-refractivity contribution in [2.45, 2.75) is 24.2 Å². The van der Waals surface area contributed by atoms with E-state index in [0.29, 0.717) is 13.1 Å². The van der Waals surface area contributed by atoms with Gasteiger partial charge in [-0.05, 0) is 12.8 Å². The number of hydrogen-bond acceptors (Lipinski definition) is 4. The van der Waals surface area contributed by atoms with Gasteiger partial charge in [0, 0.05) is 23.8 Å². The number of rotatable bonds is 2. The lowest BCUT2D eigenvalue weighted by molar-refractivity contribution is 0.346. The summed E-state index contributed by atoms with van der Waals surface area (Å²) < 4.78 is 25.9. The van der Waals surface area contributed by atoms with Gasteiger partial charge >= 0.3 is 0 Å². The number of piperidine rings is 1. The molecular weight excluding hydrogens is 244 g/mol. The Bertz CT molecular complexity index is 507. The second-order valence-corrected chi connectivity index (χ2v) is 6.38. The number of thiophene rings is 1. The summed E-state index contributed by atoms with van der Waals surface area (Å²) in [7, 11) is -3.44. The summed E-state index contributed by atoms with van der Waals surface area (Å²) in [6.45, 7) is 1.14. The Morgan fingerprint density at radius 2 is 1.94 bits per heavy atom. The Balaban J connectivity index is 2.35. The molecule has 0 atom stereocenters. The van der Waals surface area contributed by atoms with E-state index in [1.54, 1.807) is 10.8 Å². The van der Waals surface area contributed by atoms with E-state index >= 15 is 0 Å². The lowest BCUT2D eigenvalue weighted by Crippen LogP contribution is -2.35. The third-order valence-corrected chi connectivity index (χ3v) is 5.51. The summed E-state index contributed by atoms with van der Waals surface area (Å²) in [5.41, 5.74) is 0.260. The van der Waals surface area contributed by atoms with E-state index in [4.69, 9.17) is 5.26 Å². The van der Waals surface area contributed by atoms with Crippen LogP contribution in [-0.4, -0.2) is 25.8 Å². The molecule has 0 amide bonds. The van der Waals surface area contributed by atoms with Crippen LogP contribution < -0.4 is 0 Å². The zero-order chi connectivity index (χ0) is 11.6. The van der Waals surface area contributed by atoms with Crippen LogP contribution in [0.2, 0.25) is 0 Å². The SMILES string of the molecule is N#Cc1cscc1S(=O)(=O)N1CCCCC1. The fraction of sp³-hybridized carbons (Fsp3) is 0.500. The van der Waals surface area contributed by atoms with E-state index in [-0.39, 0.29) is 10.5 Å². The standard InChI is InChI=1S/C10H12N2O2S2/c11-6-9-7-15-8-10(9)16(13,14)12-4-2-1-3-5-12/h7-8H,1-5H2. The normalized spacial score (nSPS) is 18.2. The topological polar surface area (TPSA) is 61.2 Å². The van der Waals surface area contributed by atoms with Gasteiger partial charge in [0.1, 0.15) is 11.0 Å². The molecule has 0 aromatic carbocycles. The Kier molecular flexibility index (Phi) is 3.28. The summed E-state index contributed by atoms with van der Waals surface area (Å²) >= 11 is 1.25. The second kappa shape index (κ2) is 4.53. The molecule has 1 aliphatic heterocycles. The smallest absolute Gasteiger partial charge is 0.207 e. The van der Waals surface area contributed by atoms with Crippen LogP contribution in [0.3, 0.4) is 0 Å². The molecule has 0 saturated carbocycles. The predicted molar refractivity (Wildman–Crippen MR) is 61.6 cm³/mol. The minimum absolute atomic E-state index is 0.168. The highest BCUT2D eigenvalue weighted by Gasteiger charge is 2.28. The van der Waals surface area contributed by atoms with E-state index in [2.05, 4.69) is 0 Å². The van der Waals surface area contributed by atoms with E-state index in [0.717, 1.165) is 19.3 Å². The van der Waals surface area contributed by atoms with Crippen molar-refractivity contribution < 1.29 is 8.42 Å². The number of nitriles is 1. The van der Waals surface area contributed by atoms with Gasteiger partial charge < -0.3 is 0 Å². The van der Waals surface area contributed by atoms with Gasteiger partial charge in [-0.25, -0.2) is 8.42 Å². The molecule has 0 unspecified atom stereocenters. The second-order valence-electron chi connectivity index (χ2n) is 3.73. The van der Waals surface area contributed by atoms with Gasteiger partial charge in [-0.15, -0.1) is 11.3 Å². The fourth-order valence-electron chi connectivity index (χ4n) is 1.81. The van der Waals surface area contributed by atoms with Crippen molar-refractivity contribution in [1.82, 2.24) is 4.31 Å². The van der Waals surface area contributed by atoms with Crippen LogP contribution in [0.25, 0.3) is 0 Å². The highest BCUT2D eigenvalue weighted by atomic mass is 32.2. The molecule has 0 spiro atoms. The molecule has 86 valence electrons. The van der Waals surface area contributed by atoms with Crippen molar-refractivity contribution in [1.29, 1.82) is 5.26 Å². The van der Waals surface area contributed by atoms with Crippen LogP contribution in [0.1, 0.15) is 24.8 Å². The summed E-state index contributed by atoms with van der Waals surface area (Å²) in [5, 5.41) is 12.0. The summed E-state index contributed by atoms with van der Waals surface area (Å²) in [6, 6.07) is 1.93. The van der Waals surface area contributed by atoms with Gasteiger partial charge in [0.25, 0.3) is 0 Å². The summed E-state index contributed by atoms with van der Waals surface area (Å²) in [6.07, 6.45) is 2.90. The minimum atomic E-state index is -3.44. The van der Waals surface area contributed by atoms with Gasteiger partial charge in [0.15, 0.2) is 0 Å². The van der Waals surface area contributed by atoms with Crippen LogP contribution >= 0.6 is 11.3 Å². The van der Waals surface area contributed by atoms with Crippen LogP contribution in [0.5, 0.6) is 0 Å². The van der Waals surface area contributed by atoms with E-state index in [9.17, 15) is 8.42 Å². The molecule has 0 radical (unpaired) electrons. The first-order valence-corrected chi connectivity index (χ1v) is 7.51. The summed E-state index contributed by atoms with van der Waals surface area (Å²) in [5.74, 6) is 0. The van der Waals surface area contributed by atoms with Crippen molar-refractivity contribution in [3.05, 3.63) is 16.3 Å². The monoisotopic (exact) mass is 256 g/mol. The molecule has 4 nitrogen and oxygen atoms in total. The minimum Gasteiger partial charge on any atom is -0.207 e. The van der Waals surface area contributed by atoms with Gasteiger partial charge in [-0.3, -0.25) is 0 Å². The maximum Gasteiger partial charge on any atom is 0.245 e. The molecule has 1 fully saturated rings. The first-order chi connectivity index (χ1) is 7.66. The zero-order valence-corrected chi connectivity index (χ0v) is 10.4. The first kappa shape index (κ1) is 11.6. The molecule has 0 bridgehead atoms. The van der Waals surface area contributed by atoms with Gasteiger partial charge in [-0.2, -0.15) is 9.57 Å². The third kappa shape index (κ3) is 1.98. The fourth-order valence-corrected chi connectivity index (χ4v) is 4.57. The maximum atomic E-state index is 12.2. The van der Waals surface area contributed by atoms with Crippen LogP contribution in [0, 0.1) is 11.3 Å². The quantitative estimate of drug-likeness (QED) is 0.810. The molecule has 0 aliphatic carbocycles. The van der Waals surface area contributed by atoms with E-state index in [1.165, 1.54) is 15.6 Å². The van der Waals surface area contributed by atoms with Crippen molar-refractivity contribution in [2.75, 3.05) is 13.1 Å². The highest BCUT2D eigenvalue weighted by molar-refractivity contribution is 7.89. The maximum absolute atomic E-state index is 12.2. The predicted octanol–water partition coefficient (Wildman–Crippen LogP) is 1.79. The molecule has 1 aromatic rings. The summed E-state index contributed by atoms with van der Waals surface area (Å²) in [4.78, 5) is 0.168. The number of nitrogens with zero attached hydrogens (tertiary/aromatic N) is 2. The average Bonchev–Trinajstić information content (AvgIpc) is 2.79. The van der Waals surface area contributed by atoms with Crippen molar-refractivity contribution in [3.63, 3.8) is 0 Å². The van der Waals surface area contributed by atoms with Gasteiger partial charge in [-0.1, -0.05) is 6.42 Å². The molecule has 2 rings (SSSR count). The number of hydrogen-bond donors (Lipinski definition) is 0. The Hall–Kier alpha value is -0.900. The van der Waals surface area contributed by atoms with Crippen LogP contribution in [0.4, 0.5) is 0 Å². The third-order valence-electron chi connectivity index (χ3n) is 2.68. The molecule has 1 aromatic heterocycles. The lowest BCUT2D eigenvalue weighted by Gasteiger charge is -2.25. The van der Waals surface area contributed by atoms with E-state index < -0.39 is 10.0 Å². The molecule has 6 heteroatoms. The molecule has 1 saturated heterocycles. The highest BCUT2D eigenvalue weighted by Crippen LogP contribution is 2.25. The molecule has 1 aliphatic rings. The Morgan fingerprint density at radius 1 is 1.25 bits per heavy atom. The molecule has 0 N–H and O–H groups in total. The van der Waals surface area contributed by atoms with Crippen molar-refractivity contribution in [2.24, 2.45) is 0 Å². The van der Waals surface area contributed by atoms with E-state index in [1.807, 2.05) is 6.07 Å².